The lowest BCUT2D eigenvalue weighted by Gasteiger charge is -2.22. The van der Waals surface area contributed by atoms with Gasteiger partial charge in [-0.1, -0.05) is 35.5 Å². The molecule has 0 spiro atoms. The van der Waals surface area contributed by atoms with Gasteiger partial charge >= 0.3 is 5.97 Å². The summed E-state index contributed by atoms with van der Waals surface area (Å²) in [5.41, 5.74) is -0.288. The average molecular weight is 316 g/mol. The number of rotatable bonds is 5. The Morgan fingerprint density at radius 1 is 1.35 bits per heavy atom. The van der Waals surface area contributed by atoms with Crippen LogP contribution >= 0.6 is 0 Å². The highest BCUT2D eigenvalue weighted by atomic mass is 16.5. The lowest BCUT2D eigenvalue weighted by Crippen LogP contribution is -2.55. The molecule has 0 aliphatic carbocycles. The Morgan fingerprint density at radius 2 is 2.13 bits per heavy atom. The minimum absolute atomic E-state index is 0.0494. The highest BCUT2D eigenvalue weighted by molar-refractivity contribution is 5.96. The Bertz CT molecular complexity index is 707. The summed E-state index contributed by atoms with van der Waals surface area (Å²) in [5.74, 6) is -1.68. The molecule has 3 rings (SSSR count). The number of ether oxygens (including phenoxy) is 1. The molecule has 1 aliphatic heterocycles. The van der Waals surface area contributed by atoms with E-state index in [-0.39, 0.29) is 18.7 Å². The molecule has 1 aliphatic rings. The molecule has 1 unspecified atom stereocenters. The van der Waals surface area contributed by atoms with E-state index >= 15 is 0 Å². The molecule has 120 valence electrons. The molecule has 8 heteroatoms. The fourth-order valence-electron chi connectivity index (χ4n) is 2.42. The number of hydrogen-bond acceptors (Lipinski definition) is 5. The molecule has 1 saturated heterocycles. The van der Waals surface area contributed by atoms with Crippen LogP contribution in [-0.2, 0) is 16.1 Å². The standard InChI is InChI=1S/C15H16N4O4/c20-13(16-15(14(21)22)6-7-23-10-15)12-9-19(18-17-12)8-11-4-2-1-3-5-11/h1-5,9H,6-8,10H2,(H,16,20)(H,21,22). The number of nitrogens with zero attached hydrogens (tertiary/aromatic N) is 3. The fourth-order valence-corrected chi connectivity index (χ4v) is 2.42. The van der Waals surface area contributed by atoms with Crippen molar-refractivity contribution in [2.45, 2.75) is 18.5 Å². The van der Waals surface area contributed by atoms with Gasteiger partial charge in [0.05, 0.1) is 19.3 Å². The molecule has 2 aromatic rings. The summed E-state index contributed by atoms with van der Waals surface area (Å²) in [5, 5.41) is 19.5. The second-order valence-electron chi connectivity index (χ2n) is 5.43. The molecule has 1 atom stereocenters. The number of amides is 1. The SMILES string of the molecule is O=C(NC1(C(=O)O)CCOC1)c1cn(Cc2ccccc2)nn1. The van der Waals surface area contributed by atoms with Gasteiger partial charge in [0.25, 0.3) is 5.91 Å². The van der Waals surface area contributed by atoms with Crippen LogP contribution in [0.3, 0.4) is 0 Å². The van der Waals surface area contributed by atoms with E-state index < -0.39 is 17.4 Å². The van der Waals surface area contributed by atoms with Gasteiger partial charge in [-0.3, -0.25) is 4.79 Å². The largest absolute Gasteiger partial charge is 0.479 e. The zero-order chi connectivity index (χ0) is 16.3. The highest BCUT2D eigenvalue weighted by Gasteiger charge is 2.44. The zero-order valence-corrected chi connectivity index (χ0v) is 12.3. The Labute approximate surface area is 132 Å². The van der Waals surface area contributed by atoms with Gasteiger partial charge < -0.3 is 15.2 Å². The Balaban J connectivity index is 1.70. The number of aliphatic carboxylic acids is 1. The van der Waals surface area contributed by atoms with Crippen LogP contribution < -0.4 is 5.32 Å². The quantitative estimate of drug-likeness (QED) is 0.822. The maximum atomic E-state index is 12.2. The van der Waals surface area contributed by atoms with Gasteiger partial charge in [-0.05, 0) is 5.56 Å². The molecule has 1 aromatic heterocycles. The van der Waals surface area contributed by atoms with Crippen molar-refractivity contribution in [3.05, 3.63) is 47.8 Å². The molecule has 2 heterocycles. The van der Waals surface area contributed by atoms with Crippen LogP contribution in [0.4, 0.5) is 0 Å². The van der Waals surface area contributed by atoms with Crippen molar-refractivity contribution in [2.24, 2.45) is 0 Å². The number of carboxylic acids is 1. The van der Waals surface area contributed by atoms with Crippen molar-refractivity contribution in [1.29, 1.82) is 0 Å². The molecular weight excluding hydrogens is 300 g/mol. The van der Waals surface area contributed by atoms with E-state index in [9.17, 15) is 14.7 Å². The van der Waals surface area contributed by atoms with Crippen LogP contribution in [-0.4, -0.2) is 50.7 Å². The van der Waals surface area contributed by atoms with Crippen LogP contribution in [0.5, 0.6) is 0 Å². The molecule has 8 nitrogen and oxygen atoms in total. The lowest BCUT2D eigenvalue weighted by molar-refractivity contribution is -0.144. The topological polar surface area (TPSA) is 106 Å². The lowest BCUT2D eigenvalue weighted by atomic mass is 9.99. The maximum absolute atomic E-state index is 12.2. The summed E-state index contributed by atoms with van der Waals surface area (Å²) < 4.78 is 6.64. The number of carboxylic acid groups (broad SMARTS) is 1. The van der Waals surface area contributed by atoms with E-state index in [0.717, 1.165) is 5.56 Å². The normalized spacial score (nSPS) is 20.3. The number of nitrogens with one attached hydrogen (secondary N) is 1. The minimum atomic E-state index is -1.39. The first kappa shape index (κ1) is 15.2. The van der Waals surface area contributed by atoms with Crippen LogP contribution in [0, 0.1) is 0 Å². The van der Waals surface area contributed by atoms with E-state index in [4.69, 9.17) is 4.74 Å². The molecule has 1 fully saturated rings. The van der Waals surface area contributed by atoms with Crippen molar-refractivity contribution >= 4 is 11.9 Å². The smallest absolute Gasteiger partial charge is 0.331 e. The maximum Gasteiger partial charge on any atom is 0.331 e. The highest BCUT2D eigenvalue weighted by Crippen LogP contribution is 2.19. The van der Waals surface area contributed by atoms with E-state index in [1.54, 1.807) is 0 Å². The van der Waals surface area contributed by atoms with E-state index in [0.29, 0.717) is 13.2 Å². The number of benzene rings is 1. The van der Waals surface area contributed by atoms with E-state index in [1.165, 1.54) is 10.9 Å². The van der Waals surface area contributed by atoms with Crippen molar-refractivity contribution in [3.63, 3.8) is 0 Å². The third kappa shape index (κ3) is 3.21. The molecule has 2 N–H and O–H groups in total. The van der Waals surface area contributed by atoms with E-state index in [1.807, 2.05) is 30.3 Å². The Kier molecular flexibility index (Phi) is 4.07. The van der Waals surface area contributed by atoms with Crippen LogP contribution in [0.25, 0.3) is 0 Å². The predicted octanol–water partition coefficient (Wildman–Crippen LogP) is 0.300. The molecular formula is C15H16N4O4. The van der Waals surface area contributed by atoms with Crippen LogP contribution in [0.1, 0.15) is 22.5 Å². The van der Waals surface area contributed by atoms with Gasteiger partial charge in [-0.25, -0.2) is 9.48 Å². The molecule has 0 bridgehead atoms. The molecule has 1 aromatic carbocycles. The number of carbonyl (C=O) groups excluding carboxylic acids is 1. The first-order valence-electron chi connectivity index (χ1n) is 7.17. The Morgan fingerprint density at radius 3 is 2.78 bits per heavy atom. The third-order valence-corrected chi connectivity index (χ3v) is 3.74. The van der Waals surface area contributed by atoms with Gasteiger partial charge in [0.1, 0.15) is 0 Å². The second kappa shape index (κ2) is 6.17. The zero-order valence-electron chi connectivity index (χ0n) is 12.3. The first-order valence-corrected chi connectivity index (χ1v) is 7.17. The van der Waals surface area contributed by atoms with Gasteiger partial charge in [0, 0.05) is 13.0 Å². The summed E-state index contributed by atoms with van der Waals surface area (Å²) >= 11 is 0. The average Bonchev–Trinajstić information content (AvgIpc) is 3.18. The van der Waals surface area contributed by atoms with Crippen molar-refractivity contribution < 1.29 is 19.4 Å². The van der Waals surface area contributed by atoms with Gasteiger partial charge in [-0.15, -0.1) is 5.10 Å². The van der Waals surface area contributed by atoms with Gasteiger partial charge in [0.15, 0.2) is 11.2 Å². The fraction of sp³-hybridized carbons (Fsp3) is 0.333. The molecule has 0 saturated carbocycles. The van der Waals surface area contributed by atoms with Crippen LogP contribution in [0.2, 0.25) is 0 Å². The van der Waals surface area contributed by atoms with E-state index in [2.05, 4.69) is 15.6 Å². The summed E-state index contributed by atoms with van der Waals surface area (Å²) in [6.07, 6.45) is 1.72. The first-order chi connectivity index (χ1) is 11.1. The summed E-state index contributed by atoms with van der Waals surface area (Å²) in [7, 11) is 0. The molecule has 1 amide bonds. The van der Waals surface area contributed by atoms with Gasteiger partial charge in [0.2, 0.25) is 0 Å². The second-order valence-corrected chi connectivity index (χ2v) is 5.43. The summed E-state index contributed by atoms with van der Waals surface area (Å²) in [4.78, 5) is 23.6. The van der Waals surface area contributed by atoms with Crippen molar-refractivity contribution in [1.82, 2.24) is 20.3 Å². The molecule has 0 radical (unpaired) electrons. The van der Waals surface area contributed by atoms with Gasteiger partial charge in [-0.2, -0.15) is 0 Å². The molecule has 23 heavy (non-hydrogen) atoms. The van der Waals surface area contributed by atoms with Crippen molar-refractivity contribution in [2.75, 3.05) is 13.2 Å². The summed E-state index contributed by atoms with van der Waals surface area (Å²) in [6, 6.07) is 9.62. The summed E-state index contributed by atoms with van der Waals surface area (Å²) in [6.45, 7) is 0.730. The predicted molar refractivity (Wildman–Crippen MR) is 78.8 cm³/mol. The minimum Gasteiger partial charge on any atom is -0.479 e. The third-order valence-electron chi connectivity index (χ3n) is 3.74. The number of aromatic nitrogens is 3. The van der Waals surface area contributed by atoms with Crippen LogP contribution in [0.15, 0.2) is 36.5 Å². The van der Waals surface area contributed by atoms with Crippen molar-refractivity contribution in [3.8, 4) is 0 Å². The monoisotopic (exact) mass is 316 g/mol. The Hall–Kier alpha value is -2.74. The number of carbonyl (C=O) groups is 2. The number of hydrogen-bond donors (Lipinski definition) is 2.